The first kappa shape index (κ1) is 8.65. The van der Waals surface area contributed by atoms with E-state index in [9.17, 15) is 5.11 Å². The van der Waals surface area contributed by atoms with Crippen molar-refractivity contribution in [3.63, 3.8) is 0 Å². The third kappa shape index (κ3) is 1.57. The van der Waals surface area contributed by atoms with Crippen LogP contribution in [-0.4, -0.2) is 33.2 Å². The molecule has 0 amide bonds. The van der Waals surface area contributed by atoms with Crippen LogP contribution in [0.25, 0.3) is 0 Å². The lowest BCUT2D eigenvalue weighted by Gasteiger charge is -2.26. The van der Waals surface area contributed by atoms with Gasteiger partial charge in [0.15, 0.2) is 0 Å². The Morgan fingerprint density at radius 1 is 1.77 bits per heavy atom. The van der Waals surface area contributed by atoms with E-state index in [-0.39, 0.29) is 0 Å². The second-order valence-corrected chi connectivity index (χ2v) is 3.36. The Morgan fingerprint density at radius 3 is 3.08 bits per heavy atom. The predicted molar refractivity (Wildman–Crippen MR) is 47.2 cm³/mol. The Labute approximate surface area is 76.8 Å². The van der Waals surface area contributed by atoms with E-state index >= 15 is 0 Å². The summed E-state index contributed by atoms with van der Waals surface area (Å²) < 4.78 is 1.82. The molecule has 72 valence electrons. The van der Waals surface area contributed by atoms with Crippen molar-refractivity contribution in [2.24, 2.45) is 0 Å². The Bertz CT molecular complexity index is 262. The van der Waals surface area contributed by atoms with Crippen molar-refractivity contribution < 1.29 is 5.11 Å². The first-order valence-corrected chi connectivity index (χ1v) is 4.61. The fourth-order valence-electron chi connectivity index (χ4n) is 1.29. The quantitative estimate of drug-likeness (QED) is 0.683. The van der Waals surface area contributed by atoms with E-state index in [4.69, 9.17) is 0 Å². The maximum Gasteiger partial charge on any atom is 0.111 e. The average molecular weight is 182 g/mol. The van der Waals surface area contributed by atoms with Crippen molar-refractivity contribution in [1.29, 1.82) is 0 Å². The van der Waals surface area contributed by atoms with Crippen LogP contribution in [0.5, 0.6) is 0 Å². The minimum atomic E-state index is -0.471. The van der Waals surface area contributed by atoms with Crippen LogP contribution < -0.4 is 5.32 Å². The molecule has 2 N–H and O–H groups in total. The molecule has 1 aromatic rings. The van der Waals surface area contributed by atoms with Gasteiger partial charge in [0, 0.05) is 13.1 Å². The molecule has 0 aliphatic carbocycles. The van der Waals surface area contributed by atoms with Gasteiger partial charge in [-0.1, -0.05) is 12.1 Å². The molecule has 0 aromatic carbocycles. The summed E-state index contributed by atoms with van der Waals surface area (Å²) in [6.07, 6.45) is 2.04. The second-order valence-electron chi connectivity index (χ2n) is 3.36. The largest absolute Gasteiger partial charge is 0.387 e. The summed E-state index contributed by atoms with van der Waals surface area (Å²) in [5, 5.41) is 20.5. The van der Waals surface area contributed by atoms with Crippen LogP contribution in [0.3, 0.4) is 0 Å². The fourth-order valence-corrected chi connectivity index (χ4v) is 1.29. The number of aliphatic hydroxyl groups excluding tert-OH is 1. The third-order valence-electron chi connectivity index (χ3n) is 2.39. The highest BCUT2D eigenvalue weighted by Crippen LogP contribution is 2.15. The number of nitrogens with zero attached hydrogens (tertiary/aromatic N) is 3. The maximum absolute atomic E-state index is 9.48. The number of hydrogen-bond acceptors (Lipinski definition) is 4. The Hall–Kier alpha value is -0.940. The molecule has 0 radical (unpaired) electrons. The van der Waals surface area contributed by atoms with Crippen LogP contribution in [-0.2, 0) is 0 Å². The highest BCUT2D eigenvalue weighted by atomic mass is 16.3. The molecule has 1 aliphatic heterocycles. The van der Waals surface area contributed by atoms with Gasteiger partial charge in [-0.3, -0.25) is 0 Å². The summed E-state index contributed by atoms with van der Waals surface area (Å²) >= 11 is 0. The van der Waals surface area contributed by atoms with Gasteiger partial charge in [-0.2, -0.15) is 0 Å². The number of hydrogen-bond donors (Lipinski definition) is 2. The molecule has 2 heterocycles. The highest BCUT2D eigenvalue weighted by Gasteiger charge is 2.21. The van der Waals surface area contributed by atoms with E-state index in [1.807, 2.05) is 17.8 Å². The zero-order chi connectivity index (χ0) is 9.26. The smallest absolute Gasteiger partial charge is 0.111 e. The summed E-state index contributed by atoms with van der Waals surface area (Å²) in [5.74, 6) is 0. The molecule has 0 spiro atoms. The molecular weight excluding hydrogens is 168 g/mol. The Morgan fingerprint density at radius 2 is 2.54 bits per heavy atom. The van der Waals surface area contributed by atoms with Gasteiger partial charge in [0.1, 0.15) is 5.69 Å². The van der Waals surface area contributed by atoms with Crippen molar-refractivity contribution in [2.75, 3.05) is 13.1 Å². The summed E-state index contributed by atoms with van der Waals surface area (Å²) in [6.45, 7) is 3.82. The monoisotopic (exact) mass is 182 g/mol. The zero-order valence-corrected chi connectivity index (χ0v) is 7.64. The van der Waals surface area contributed by atoms with Crippen molar-refractivity contribution in [2.45, 2.75) is 25.5 Å². The molecule has 0 saturated carbocycles. The molecule has 1 atom stereocenters. The zero-order valence-electron chi connectivity index (χ0n) is 7.64. The molecular formula is C8H14N4O. The first-order chi connectivity index (χ1) is 6.31. The summed E-state index contributed by atoms with van der Waals surface area (Å²) in [7, 11) is 0. The normalized spacial score (nSPS) is 19.8. The van der Waals surface area contributed by atoms with Crippen LogP contribution in [0.15, 0.2) is 6.20 Å². The van der Waals surface area contributed by atoms with E-state index in [2.05, 4.69) is 15.6 Å². The Balaban J connectivity index is 2.08. The van der Waals surface area contributed by atoms with Gasteiger partial charge >= 0.3 is 0 Å². The van der Waals surface area contributed by atoms with Crippen molar-refractivity contribution in [1.82, 2.24) is 20.3 Å². The molecule has 13 heavy (non-hydrogen) atoms. The minimum absolute atomic E-state index is 0.422. The van der Waals surface area contributed by atoms with Gasteiger partial charge in [-0.05, 0) is 6.42 Å². The number of rotatable bonds is 3. The first-order valence-electron chi connectivity index (χ1n) is 4.61. The lowest BCUT2D eigenvalue weighted by atomic mass is 10.2. The second kappa shape index (κ2) is 3.43. The third-order valence-corrected chi connectivity index (χ3v) is 2.39. The predicted octanol–water partition coefficient (Wildman–Crippen LogP) is -0.134. The summed E-state index contributed by atoms with van der Waals surface area (Å²) in [4.78, 5) is 0. The van der Waals surface area contributed by atoms with Crippen LogP contribution in [0.2, 0.25) is 0 Å². The van der Waals surface area contributed by atoms with Crippen molar-refractivity contribution >= 4 is 0 Å². The van der Waals surface area contributed by atoms with Gasteiger partial charge in [0.25, 0.3) is 0 Å². The van der Waals surface area contributed by atoms with E-state index in [0.29, 0.717) is 18.2 Å². The fraction of sp³-hybridized carbons (Fsp3) is 0.750. The maximum atomic E-state index is 9.48. The topological polar surface area (TPSA) is 63.0 Å². The minimum Gasteiger partial charge on any atom is -0.387 e. The lowest BCUT2D eigenvalue weighted by Crippen LogP contribution is -2.43. The lowest BCUT2D eigenvalue weighted by molar-refractivity contribution is 0.168. The van der Waals surface area contributed by atoms with Crippen molar-refractivity contribution in [3.8, 4) is 0 Å². The number of aromatic nitrogens is 3. The molecule has 5 heteroatoms. The van der Waals surface area contributed by atoms with Crippen LogP contribution in [0.4, 0.5) is 0 Å². The summed E-state index contributed by atoms with van der Waals surface area (Å²) in [5.41, 5.74) is 0.675. The number of nitrogens with one attached hydrogen (secondary N) is 1. The average Bonchev–Trinajstić information content (AvgIpc) is 2.49. The molecule has 2 rings (SSSR count). The van der Waals surface area contributed by atoms with Gasteiger partial charge in [-0.25, -0.2) is 4.68 Å². The van der Waals surface area contributed by atoms with Gasteiger partial charge in [0.05, 0.1) is 18.3 Å². The van der Waals surface area contributed by atoms with E-state index in [1.165, 1.54) is 0 Å². The highest BCUT2D eigenvalue weighted by molar-refractivity contribution is 4.99. The van der Waals surface area contributed by atoms with Crippen molar-refractivity contribution in [3.05, 3.63) is 11.9 Å². The number of aliphatic hydroxyl groups is 1. The van der Waals surface area contributed by atoms with Crippen LogP contribution in [0.1, 0.15) is 31.2 Å². The Kier molecular flexibility index (Phi) is 2.28. The van der Waals surface area contributed by atoms with E-state index in [1.54, 1.807) is 0 Å². The van der Waals surface area contributed by atoms with E-state index in [0.717, 1.165) is 13.1 Å². The molecule has 1 aliphatic rings. The molecule has 1 fully saturated rings. The van der Waals surface area contributed by atoms with Crippen LogP contribution in [0, 0.1) is 0 Å². The van der Waals surface area contributed by atoms with Gasteiger partial charge in [0.2, 0.25) is 0 Å². The molecule has 1 saturated heterocycles. The van der Waals surface area contributed by atoms with E-state index < -0.39 is 6.10 Å². The molecule has 5 nitrogen and oxygen atoms in total. The standard InChI is InChI=1S/C8H14N4O/c1-2-8(13)7-5-12(11-10-7)6-3-9-4-6/h5-6,8-9,13H,2-4H2,1H3. The van der Waals surface area contributed by atoms with Crippen LogP contribution >= 0.6 is 0 Å². The van der Waals surface area contributed by atoms with Gasteiger partial charge < -0.3 is 10.4 Å². The van der Waals surface area contributed by atoms with Gasteiger partial charge in [-0.15, -0.1) is 5.10 Å². The SMILES string of the molecule is CCC(O)c1cn(C2CNC2)nn1. The molecule has 1 aromatic heterocycles. The molecule has 0 bridgehead atoms. The molecule has 1 unspecified atom stereocenters. The summed E-state index contributed by atoms with van der Waals surface area (Å²) in [6, 6.07) is 0.422.